The lowest BCUT2D eigenvalue weighted by Gasteiger charge is -2.20. The van der Waals surface area contributed by atoms with Crippen molar-refractivity contribution in [1.29, 1.82) is 0 Å². The summed E-state index contributed by atoms with van der Waals surface area (Å²) >= 11 is 0. The molecular weight excluding hydrogens is 418 g/mol. The smallest absolute Gasteiger partial charge is 0.338 e. The van der Waals surface area contributed by atoms with Crippen LogP contribution in [0.25, 0.3) is 10.9 Å². The first-order valence-corrected chi connectivity index (χ1v) is 11.6. The highest BCUT2D eigenvalue weighted by Crippen LogP contribution is 2.24. The fourth-order valence-electron chi connectivity index (χ4n) is 4.81. The predicted octanol–water partition coefficient (Wildman–Crippen LogP) is 3.26. The van der Waals surface area contributed by atoms with Gasteiger partial charge in [0.05, 0.1) is 22.5 Å². The summed E-state index contributed by atoms with van der Waals surface area (Å²) in [5, 5.41) is 3.38. The number of aryl methyl sites for hydroxylation is 3. The van der Waals surface area contributed by atoms with Crippen molar-refractivity contribution in [2.45, 2.75) is 58.0 Å². The first-order valence-electron chi connectivity index (χ1n) is 11.6. The minimum absolute atomic E-state index is 0.0806. The van der Waals surface area contributed by atoms with Crippen LogP contribution < -0.4 is 10.9 Å². The van der Waals surface area contributed by atoms with Crippen LogP contribution in [0.3, 0.4) is 0 Å². The van der Waals surface area contributed by atoms with Gasteiger partial charge in [-0.2, -0.15) is 0 Å². The van der Waals surface area contributed by atoms with Gasteiger partial charge in [0.15, 0.2) is 6.61 Å². The van der Waals surface area contributed by atoms with Crippen LogP contribution in [0.4, 0.5) is 0 Å². The zero-order chi connectivity index (χ0) is 22.9. The van der Waals surface area contributed by atoms with Crippen LogP contribution >= 0.6 is 0 Å². The van der Waals surface area contributed by atoms with E-state index >= 15 is 0 Å². The Morgan fingerprint density at radius 2 is 1.88 bits per heavy atom. The highest BCUT2D eigenvalue weighted by Gasteiger charge is 2.19. The average molecular weight is 446 g/mol. The molecule has 1 atom stereocenters. The number of fused-ring (bicyclic) bond motifs is 3. The third-order valence-corrected chi connectivity index (χ3v) is 6.64. The summed E-state index contributed by atoms with van der Waals surface area (Å²) in [6.45, 7) is 2.24. The molecule has 0 fully saturated rings. The third-order valence-electron chi connectivity index (χ3n) is 6.64. The number of nitrogens with one attached hydrogen (secondary N) is 1. The quantitative estimate of drug-likeness (QED) is 0.609. The van der Waals surface area contributed by atoms with Crippen LogP contribution in [-0.4, -0.2) is 28.0 Å². The summed E-state index contributed by atoms with van der Waals surface area (Å²) in [4.78, 5) is 42.0. The maximum atomic E-state index is 12.6. The van der Waals surface area contributed by atoms with Gasteiger partial charge in [-0.3, -0.25) is 14.2 Å². The maximum Gasteiger partial charge on any atom is 0.338 e. The molecule has 0 bridgehead atoms. The first-order chi connectivity index (χ1) is 16.0. The van der Waals surface area contributed by atoms with E-state index in [2.05, 4.69) is 28.5 Å². The Hall–Kier alpha value is -3.48. The second-order valence-corrected chi connectivity index (χ2v) is 8.92. The Balaban J connectivity index is 1.22. The molecule has 0 saturated carbocycles. The van der Waals surface area contributed by atoms with E-state index in [1.807, 2.05) is 6.92 Å². The van der Waals surface area contributed by atoms with E-state index in [0.29, 0.717) is 17.4 Å². The van der Waals surface area contributed by atoms with E-state index < -0.39 is 5.97 Å². The molecule has 2 heterocycles. The van der Waals surface area contributed by atoms with Gasteiger partial charge >= 0.3 is 5.97 Å². The standard InChI is InChI=1S/C26H27N3O4/c1-16(18-9-8-17-5-2-3-6-19(17)13-18)27-24(30)15-33-26(32)20-10-11-21-22(14-20)28-23-7-4-12-29(23)25(21)31/h8-11,13-14,16H,2-7,12,15H2,1H3,(H,27,30). The van der Waals surface area contributed by atoms with Crippen molar-refractivity contribution in [2.24, 2.45) is 0 Å². The Labute approximate surface area is 191 Å². The zero-order valence-electron chi connectivity index (χ0n) is 18.7. The second kappa shape index (κ2) is 8.81. The number of amides is 1. The molecule has 7 nitrogen and oxygen atoms in total. The van der Waals surface area contributed by atoms with Crippen LogP contribution in [0.2, 0.25) is 0 Å². The molecular formula is C26H27N3O4. The predicted molar refractivity (Wildman–Crippen MR) is 124 cm³/mol. The molecule has 3 aromatic rings. The highest BCUT2D eigenvalue weighted by atomic mass is 16.5. The van der Waals surface area contributed by atoms with Crippen molar-refractivity contribution in [3.63, 3.8) is 0 Å². The summed E-state index contributed by atoms with van der Waals surface area (Å²) in [7, 11) is 0. The number of hydrogen-bond acceptors (Lipinski definition) is 5. The van der Waals surface area contributed by atoms with Gasteiger partial charge in [-0.25, -0.2) is 9.78 Å². The zero-order valence-corrected chi connectivity index (χ0v) is 18.7. The Kier molecular flexibility index (Phi) is 5.70. The molecule has 1 amide bonds. The van der Waals surface area contributed by atoms with Crippen molar-refractivity contribution in [3.05, 3.63) is 74.8 Å². The number of benzene rings is 2. The van der Waals surface area contributed by atoms with Gasteiger partial charge in [-0.05, 0) is 73.9 Å². The average Bonchev–Trinajstić information content (AvgIpc) is 3.31. The molecule has 2 aliphatic rings. The molecule has 1 aliphatic carbocycles. The van der Waals surface area contributed by atoms with E-state index in [9.17, 15) is 14.4 Å². The van der Waals surface area contributed by atoms with E-state index in [1.54, 1.807) is 22.8 Å². The summed E-state index contributed by atoms with van der Waals surface area (Å²) < 4.78 is 6.92. The molecule has 1 aromatic heterocycles. The fraction of sp³-hybridized carbons (Fsp3) is 0.385. The fourth-order valence-corrected chi connectivity index (χ4v) is 4.81. The van der Waals surface area contributed by atoms with Crippen LogP contribution in [-0.2, 0) is 35.3 Å². The Bertz CT molecular complexity index is 1310. The summed E-state index contributed by atoms with van der Waals surface area (Å²) in [5.41, 5.74) is 4.48. The number of aromatic nitrogens is 2. The van der Waals surface area contributed by atoms with Gasteiger partial charge in [0.25, 0.3) is 11.5 Å². The lowest BCUT2D eigenvalue weighted by atomic mass is 9.89. The molecule has 0 saturated heterocycles. The van der Waals surface area contributed by atoms with Crippen molar-refractivity contribution >= 4 is 22.8 Å². The maximum absolute atomic E-state index is 12.6. The Morgan fingerprint density at radius 1 is 1.06 bits per heavy atom. The van der Waals surface area contributed by atoms with Gasteiger partial charge in [0.1, 0.15) is 5.82 Å². The van der Waals surface area contributed by atoms with E-state index in [0.717, 1.165) is 37.1 Å². The number of hydrogen-bond donors (Lipinski definition) is 1. The summed E-state index contributed by atoms with van der Waals surface area (Å²) in [6.07, 6.45) is 6.28. The molecule has 2 aromatic carbocycles. The number of esters is 1. The summed E-state index contributed by atoms with van der Waals surface area (Å²) in [5.74, 6) is -0.229. The topological polar surface area (TPSA) is 90.3 Å². The van der Waals surface area contributed by atoms with Crippen molar-refractivity contribution in [3.8, 4) is 0 Å². The number of ether oxygens (including phenoxy) is 1. The van der Waals surface area contributed by atoms with Gasteiger partial charge in [-0.15, -0.1) is 0 Å². The van der Waals surface area contributed by atoms with Crippen molar-refractivity contribution < 1.29 is 14.3 Å². The van der Waals surface area contributed by atoms with Crippen molar-refractivity contribution in [2.75, 3.05) is 6.61 Å². The highest BCUT2D eigenvalue weighted by molar-refractivity contribution is 5.95. The van der Waals surface area contributed by atoms with Gasteiger partial charge in [-0.1, -0.05) is 18.2 Å². The molecule has 1 aliphatic heterocycles. The van der Waals surface area contributed by atoms with Crippen LogP contribution in [0, 0.1) is 0 Å². The number of carbonyl (C=O) groups excluding carboxylic acids is 2. The molecule has 33 heavy (non-hydrogen) atoms. The third kappa shape index (κ3) is 4.27. The molecule has 5 rings (SSSR count). The van der Waals surface area contributed by atoms with E-state index in [1.165, 1.54) is 24.0 Å². The first kappa shape index (κ1) is 21.4. The van der Waals surface area contributed by atoms with Crippen LogP contribution in [0.15, 0.2) is 41.2 Å². The summed E-state index contributed by atoms with van der Waals surface area (Å²) in [6, 6.07) is 10.9. The lowest BCUT2D eigenvalue weighted by Crippen LogP contribution is -2.31. The van der Waals surface area contributed by atoms with Crippen LogP contribution in [0.5, 0.6) is 0 Å². The number of carbonyl (C=O) groups is 2. The normalized spacial score (nSPS) is 15.5. The number of rotatable bonds is 5. The van der Waals surface area contributed by atoms with Crippen LogP contribution in [0.1, 0.15) is 65.1 Å². The van der Waals surface area contributed by atoms with Gasteiger partial charge in [0.2, 0.25) is 0 Å². The molecule has 1 N–H and O–H groups in total. The van der Waals surface area contributed by atoms with Crippen molar-refractivity contribution in [1.82, 2.24) is 14.9 Å². The minimum atomic E-state index is -0.615. The molecule has 0 radical (unpaired) electrons. The Morgan fingerprint density at radius 3 is 2.73 bits per heavy atom. The molecule has 7 heteroatoms. The molecule has 170 valence electrons. The lowest BCUT2D eigenvalue weighted by molar-refractivity contribution is -0.124. The SMILES string of the molecule is CC(NC(=O)COC(=O)c1ccc2c(=O)n3c(nc2c1)CCC3)c1ccc2c(c1)CCCC2. The van der Waals surface area contributed by atoms with E-state index in [-0.39, 0.29) is 29.7 Å². The van der Waals surface area contributed by atoms with Gasteiger partial charge in [0, 0.05) is 13.0 Å². The molecule has 1 unspecified atom stereocenters. The largest absolute Gasteiger partial charge is 0.452 e. The second-order valence-electron chi connectivity index (χ2n) is 8.92. The molecule has 0 spiro atoms. The number of nitrogens with zero attached hydrogens (tertiary/aromatic N) is 2. The van der Waals surface area contributed by atoms with Gasteiger partial charge < -0.3 is 10.1 Å². The monoisotopic (exact) mass is 445 g/mol. The minimum Gasteiger partial charge on any atom is -0.452 e. The van der Waals surface area contributed by atoms with E-state index in [4.69, 9.17) is 4.74 Å².